The average molecular weight is 377 g/mol. The van der Waals surface area contributed by atoms with Crippen molar-refractivity contribution in [3.8, 4) is 11.5 Å². The molecule has 27 heavy (non-hydrogen) atoms. The van der Waals surface area contributed by atoms with Gasteiger partial charge in [-0.1, -0.05) is 30.3 Å². The lowest BCUT2D eigenvalue weighted by atomic mass is 10.1. The lowest BCUT2D eigenvalue weighted by Gasteiger charge is -2.17. The Morgan fingerprint density at radius 2 is 1.70 bits per heavy atom. The van der Waals surface area contributed by atoms with Crippen molar-refractivity contribution < 1.29 is 28.1 Å². The molecule has 0 aliphatic rings. The monoisotopic (exact) mass is 377 g/mol. The number of nitrogens with one attached hydrogen (secondary N) is 1. The van der Waals surface area contributed by atoms with Crippen molar-refractivity contribution in [3.63, 3.8) is 0 Å². The molecule has 0 aromatic heterocycles. The van der Waals surface area contributed by atoms with Crippen LogP contribution in [0.2, 0.25) is 0 Å². The van der Waals surface area contributed by atoms with Crippen LogP contribution in [0.5, 0.6) is 11.5 Å². The summed E-state index contributed by atoms with van der Waals surface area (Å²) in [5, 5.41) is 23.0. The van der Waals surface area contributed by atoms with Gasteiger partial charge in [-0.2, -0.15) is 13.2 Å². The van der Waals surface area contributed by atoms with Crippen LogP contribution in [0.25, 0.3) is 10.8 Å². The highest BCUT2D eigenvalue weighted by atomic mass is 19.4. The molecule has 0 amide bonds. The van der Waals surface area contributed by atoms with Gasteiger partial charge in [-0.05, 0) is 41.1 Å². The fraction of sp³-hybridized carbons (Fsp3) is 0.200. The van der Waals surface area contributed by atoms with Crippen molar-refractivity contribution in [2.75, 3.05) is 18.5 Å². The molecule has 1 unspecified atom stereocenters. The minimum Gasteiger partial charge on any atom is -0.455 e. The molecule has 0 aliphatic heterocycles. The summed E-state index contributed by atoms with van der Waals surface area (Å²) in [5.41, 5.74) is -0.764. The summed E-state index contributed by atoms with van der Waals surface area (Å²) in [6.45, 7) is -0.626. The Bertz CT molecular complexity index is 928. The van der Waals surface area contributed by atoms with Gasteiger partial charge in [-0.25, -0.2) is 0 Å². The molecular formula is C20H18F3NO3. The van der Waals surface area contributed by atoms with Gasteiger partial charge in [0.1, 0.15) is 5.75 Å². The van der Waals surface area contributed by atoms with E-state index in [0.717, 1.165) is 22.9 Å². The first-order valence-electron chi connectivity index (χ1n) is 8.27. The number of anilines is 1. The van der Waals surface area contributed by atoms with Gasteiger partial charge in [0.2, 0.25) is 0 Å². The van der Waals surface area contributed by atoms with E-state index in [-0.39, 0.29) is 18.0 Å². The lowest BCUT2D eigenvalue weighted by Crippen LogP contribution is -2.23. The van der Waals surface area contributed by atoms with E-state index >= 15 is 0 Å². The first kappa shape index (κ1) is 19.0. The minimum atomic E-state index is -4.51. The summed E-state index contributed by atoms with van der Waals surface area (Å²) >= 11 is 0. The second kappa shape index (κ2) is 7.85. The van der Waals surface area contributed by atoms with Gasteiger partial charge in [0, 0.05) is 6.54 Å². The standard InChI is InChI=1S/C20H18F3NO3/c21-20(22,23)15-6-8-19(18(10-15)24-11-16(26)12-25)27-17-7-5-13-3-1-2-4-14(13)9-17/h1-10,16,24-26H,11-12H2. The summed E-state index contributed by atoms with van der Waals surface area (Å²) < 4.78 is 44.8. The van der Waals surface area contributed by atoms with Crippen LogP contribution in [0.4, 0.5) is 18.9 Å². The maximum Gasteiger partial charge on any atom is 0.416 e. The molecule has 4 nitrogen and oxygen atoms in total. The van der Waals surface area contributed by atoms with Crippen molar-refractivity contribution in [1.82, 2.24) is 0 Å². The number of benzene rings is 3. The Morgan fingerprint density at radius 3 is 2.41 bits per heavy atom. The highest BCUT2D eigenvalue weighted by Crippen LogP contribution is 2.37. The molecule has 3 aromatic carbocycles. The number of aliphatic hydroxyl groups is 2. The Morgan fingerprint density at radius 1 is 0.963 bits per heavy atom. The van der Waals surface area contributed by atoms with Crippen molar-refractivity contribution in [2.24, 2.45) is 0 Å². The van der Waals surface area contributed by atoms with E-state index in [2.05, 4.69) is 5.32 Å². The number of halogens is 3. The summed E-state index contributed by atoms with van der Waals surface area (Å²) in [6.07, 6.45) is -5.61. The number of alkyl halides is 3. The molecule has 0 aliphatic carbocycles. The highest BCUT2D eigenvalue weighted by Gasteiger charge is 2.31. The van der Waals surface area contributed by atoms with Crippen LogP contribution in [0.1, 0.15) is 5.56 Å². The number of rotatable bonds is 6. The van der Waals surface area contributed by atoms with E-state index in [1.807, 2.05) is 30.3 Å². The Balaban J connectivity index is 1.91. The van der Waals surface area contributed by atoms with Crippen molar-refractivity contribution in [2.45, 2.75) is 12.3 Å². The second-order valence-corrected chi connectivity index (χ2v) is 6.04. The average Bonchev–Trinajstić information content (AvgIpc) is 2.66. The fourth-order valence-corrected chi connectivity index (χ4v) is 2.58. The molecule has 3 rings (SSSR count). The zero-order valence-corrected chi connectivity index (χ0v) is 14.2. The first-order chi connectivity index (χ1) is 12.9. The SMILES string of the molecule is OCC(O)CNc1cc(C(F)(F)F)ccc1Oc1ccc2ccccc2c1. The van der Waals surface area contributed by atoms with E-state index in [0.29, 0.717) is 5.75 Å². The van der Waals surface area contributed by atoms with Gasteiger partial charge >= 0.3 is 6.18 Å². The zero-order chi connectivity index (χ0) is 19.4. The quantitative estimate of drug-likeness (QED) is 0.595. The van der Waals surface area contributed by atoms with Crippen LogP contribution < -0.4 is 10.1 Å². The smallest absolute Gasteiger partial charge is 0.416 e. The van der Waals surface area contributed by atoms with Crippen LogP contribution in [-0.4, -0.2) is 29.5 Å². The molecular weight excluding hydrogens is 359 g/mol. The topological polar surface area (TPSA) is 61.7 Å². The summed E-state index contributed by atoms with van der Waals surface area (Å²) in [4.78, 5) is 0. The van der Waals surface area contributed by atoms with E-state index in [1.165, 1.54) is 6.07 Å². The molecule has 0 saturated carbocycles. The molecule has 0 spiro atoms. The van der Waals surface area contributed by atoms with Crippen molar-refractivity contribution >= 4 is 16.5 Å². The van der Waals surface area contributed by atoms with Crippen LogP contribution in [-0.2, 0) is 6.18 Å². The largest absolute Gasteiger partial charge is 0.455 e. The van der Waals surface area contributed by atoms with Crippen molar-refractivity contribution in [1.29, 1.82) is 0 Å². The third-order valence-corrected chi connectivity index (χ3v) is 3.99. The van der Waals surface area contributed by atoms with Gasteiger partial charge in [0.05, 0.1) is 24.0 Å². The lowest BCUT2D eigenvalue weighted by molar-refractivity contribution is -0.137. The molecule has 7 heteroatoms. The van der Waals surface area contributed by atoms with Gasteiger partial charge in [-0.15, -0.1) is 0 Å². The Hall–Kier alpha value is -2.77. The predicted octanol–water partition coefficient (Wildman–Crippen LogP) is 4.42. The number of hydrogen-bond donors (Lipinski definition) is 3. The summed E-state index contributed by atoms with van der Waals surface area (Å²) in [6, 6.07) is 16.1. The Labute approximate surface area is 153 Å². The molecule has 0 saturated heterocycles. The molecule has 0 radical (unpaired) electrons. The van der Waals surface area contributed by atoms with Gasteiger partial charge in [0.15, 0.2) is 5.75 Å². The van der Waals surface area contributed by atoms with Gasteiger partial charge in [0.25, 0.3) is 0 Å². The van der Waals surface area contributed by atoms with Crippen molar-refractivity contribution in [3.05, 3.63) is 66.2 Å². The number of aliphatic hydroxyl groups excluding tert-OH is 2. The molecule has 0 fully saturated rings. The number of fused-ring (bicyclic) bond motifs is 1. The van der Waals surface area contributed by atoms with Crippen LogP contribution in [0, 0.1) is 0 Å². The normalized spacial score (nSPS) is 12.8. The zero-order valence-electron chi connectivity index (χ0n) is 14.2. The predicted molar refractivity (Wildman–Crippen MR) is 97.0 cm³/mol. The third-order valence-electron chi connectivity index (χ3n) is 3.99. The maximum atomic E-state index is 13.0. The molecule has 142 valence electrons. The van der Waals surface area contributed by atoms with Crippen LogP contribution in [0.3, 0.4) is 0 Å². The maximum absolute atomic E-state index is 13.0. The van der Waals surface area contributed by atoms with Gasteiger partial charge < -0.3 is 20.3 Å². The Kier molecular flexibility index (Phi) is 5.53. The van der Waals surface area contributed by atoms with E-state index in [1.54, 1.807) is 12.1 Å². The van der Waals surface area contributed by atoms with Gasteiger partial charge in [-0.3, -0.25) is 0 Å². The van der Waals surface area contributed by atoms with E-state index < -0.39 is 24.5 Å². The summed E-state index contributed by atoms with van der Waals surface area (Å²) in [5.74, 6) is 0.655. The second-order valence-electron chi connectivity index (χ2n) is 6.04. The molecule has 1 atom stereocenters. The third kappa shape index (κ3) is 4.69. The minimum absolute atomic E-state index is 0.0745. The molecule has 3 N–H and O–H groups in total. The van der Waals surface area contributed by atoms with E-state index in [4.69, 9.17) is 9.84 Å². The number of hydrogen-bond acceptors (Lipinski definition) is 4. The van der Waals surface area contributed by atoms with Crippen LogP contribution in [0.15, 0.2) is 60.7 Å². The highest BCUT2D eigenvalue weighted by molar-refractivity contribution is 5.83. The van der Waals surface area contributed by atoms with E-state index in [9.17, 15) is 18.3 Å². The first-order valence-corrected chi connectivity index (χ1v) is 8.27. The summed E-state index contributed by atoms with van der Waals surface area (Å²) in [7, 11) is 0. The molecule has 0 bridgehead atoms. The fourth-order valence-electron chi connectivity index (χ4n) is 2.58. The van der Waals surface area contributed by atoms with Crippen LogP contribution >= 0.6 is 0 Å². The molecule has 3 aromatic rings. The number of ether oxygens (including phenoxy) is 1. The molecule has 0 heterocycles.